The number of hydrogen-bond acceptors (Lipinski definition) is 4. The van der Waals surface area contributed by atoms with Crippen LogP contribution in [-0.4, -0.2) is 31.1 Å². The number of carbonyl (C=O) groups is 1. The van der Waals surface area contributed by atoms with E-state index in [-0.39, 0.29) is 30.8 Å². The van der Waals surface area contributed by atoms with Gasteiger partial charge in [0.05, 0.1) is 7.11 Å². The Hall–Kier alpha value is -3.65. The first-order valence-corrected chi connectivity index (χ1v) is 10.0. The van der Waals surface area contributed by atoms with Crippen molar-refractivity contribution >= 4 is 11.7 Å². The van der Waals surface area contributed by atoms with Crippen LogP contribution in [0, 0.1) is 11.6 Å². The molecule has 0 aliphatic heterocycles. The molecule has 0 bridgehead atoms. The highest BCUT2D eigenvalue weighted by Crippen LogP contribution is 2.29. The molecule has 3 aromatic carbocycles. The maximum atomic E-state index is 13.1. The molecule has 0 fully saturated rings. The fourth-order valence-electron chi connectivity index (χ4n) is 3.04. The molecule has 0 spiro atoms. The second-order valence-electron chi connectivity index (χ2n) is 7.05. The van der Waals surface area contributed by atoms with Gasteiger partial charge in [0, 0.05) is 25.3 Å². The predicted molar refractivity (Wildman–Crippen MR) is 119 cm³/mol. The second-order valence-corrected chi connectivity index (χ2v) is 7.05. The van der Waals surface area contributed by atoms with Gasteiger partial charge < -0.3 is 25.4 Å². The Bertz CT molecular complexity index is 1030. The third-order valence-electron chi connectivity index (χ3n) is 4.69. The summed E-state index contributed by atoms with van der Waals surface area (Å²) in [7, 11) is 1.53. The molecule has 3 N–H and O–H groups in total. The van der Waals surface area contributed by atoms with Gasteiger partial charge in [-0.1, -0.05) is 18.2 Å². The van der Waals surface area contributed by atoms with Gasteiger partial charge in [0.15, 0.2) is 11.5 Å². The van der Waals surface area contributed by atoms with Crippen molar-refractivity contribution in [3.05, 3.63) is 89.5 Å². The zero-order valence-corrected chi connectivity index (χ0v) is 17.7. The molecule has 32 heavy (non-hydrogen) atoms. The number of methoxy groups -OCH3 is 1. The highest BCUT2D eigenvalue weighted by atomic mass is 19.1. The summed E-state index contributed by atoms with van der Waals surface area (Å²) in [5.41, 5.74) is 7.81. The number of ether oxygens (including phenoxy) is 2. The van der Waals surface area contributed by atoms with Gasteiger partial charge in [-0.25, -0.2) is 13.6 Å². The molecule has 8 heteroatoms. The number of nitrogens with two attached hydrogens (primary N) is 1. The number of halogens is 2. The Labute approximate surface area is 185 Å². The molecule has 2 amide bonds. The van der Waals surface area contributed by atoms with Gasteiger partial charge >= 0.3 is 6.03 Å². The van der Waals surface area contributed by atoms with Crippen molar-refractivity contribution in [1.29, 1.82) is 0 Å². The lowest BCUT2D eigenvalue weighted by molar-refractivity contribution is 0.210. The van der Waals surface area contributed by atoms with Crippen LogP contribution in [0.15, 0.2) is 66.7 Å². The topological polar surface area (TPSA) is 76.8 Å². The van der Waals surface area contributed by atoms with Crippen LogP contribution in [0.4, 0.5) is 19.3 Å². The minimum atomic E-state index is -0.379. The van der Waals surface area contributed by atoms with Crippen LogP contribution in [0.1, 0.15) is 11.1 Å². The summed E-state index contributed by atoms with van der Waals surface area (Å²) in [6.07, 6.45) is 0. The largest absolute Gasteiger partial charge is 0.493 e. The van der Waals surface area contributed by atoms with Gasteiger partial charge in [0.2, 0.25) is 0 Å². The maximum absolute atomic E-state index is 13.1. The molecule has 0 aliphatic carbocycles. The third-order valence-corrected chi connectivity index (χ3v) is 4.69. The van der Waals surface area contributed by atoms with Crippen molar-refractivity contribution in [2.75, 3.05) is 25.5 Å². The van der Waals surface area contributed by atoms with Crippen molar-refractivity contribution in [3.8, 4) is 11.5 Å². The van der Waals surface area contributed by atoms with E-state index in [4.69, 9.17) is 15.2 Å². The zero-order chi connectivity index (χ0) is 22.9. The number of benzene rings is 3. The molecule has 0 heterocycles. The van der Waals surface area contributed by atoms with E-state index in [1.54, 1.807) is 29.2 Å². The Balaban J connectivity index is 1.67. The molecule has 3 rings (SSSR count). The second kappa shape index (κ2) is 11.1. The molecule has 168 valence electrons. The summed E-state index contributed by atoms with van der Waals surface area (Å²) >= 11 is 0. The van der Waals surface area contributed by atoms with Gasteiger partial charge in [0.25, 0.3) is 0 Å². The van der Waals surface area contributed by atoms with Crippen molar-refractivity contribution in [2.45, 2.75) is 13.2 Å². The number of nitrogens with one attached hydrogen (secondary N) is 1. The Kier molecular flexibility index (Phi) is 7.99. The first kappa shape index (κ1) is 23.0. The maximum Gasteiger partial charge on any atom is 0.322 e. The highest BCUT2D eigenvalue weighted by Gasteiger charge is 2.15. The summed E-state index contributed by atoms with van der Waals surface area (Å²) in [4.78, 5) is 14.2. The first-order chi connectivity index (χ1) is 15.5. The van der Waals surface area contributed by atoms with Crippen molar-refractivity contribution in [3.63, 3.8) is 0 Å². The van der Waals surface area contributed by atoms with Gasteiger partial charge in [-0.15, -0.1) is 0 Å². The molecule has 0 radical (unpaired) electrons. The van der Waals surface area contributed by atoms with Crippen LogP contribution < -0.4 is 20.5 Å². The molecule has 0 saturated heterocycles. The van der Waals surface area contributed by atoms with Gasteiger partial charge in [-0.2, -0.15) is 0 Å². The molecule has 6 nitrogen and oxygen atoms in total. The number of amides is 2. The van der Waals surface area contributed by atoms with Crippen LogP contribution >= 0.6 is 0 Å². The predicted octanol–water partition coefficient (Wildman–Crippen LogP) is 4.55. The number of nitrogens with zero attached hydrogens (tertiary/aromatic N) is 1. The molecule has 0 saturated carbocycles. The van der Waals surface area contributed by atoms with Gasteiger partial charge in [0.1, 0.15) is 18.2 Å². The van der Waals surface area contributed by atoms with Crippen LogP contribution in [0.3, 0.4) is 0 Å². The quantitative estimate of drug-likeness (QED) is 0.511. The summed E-state index contributed by atoms with van der Waals surface area (Å²) in [5.74, 6) is 0.356. The van der Waals surface area contributed by atoms with Crippen molar-refractivity contribution in [2.24, 2.45) is 5.73 Å². The average Bonchev–Trinajstić information content (AvgIpc) is 2.80. The average molecular weight is 441 g/mol. The van der Waals surface area contributed by atoms with Crippen LogP contribution in [0.25, 0.3) is 0 Å². The Morgan fingerprint density at radius 1 is 0.938 bits per heavy atom. The van der Waals surface area contributed by atoms with E-state index in [0.29, 0.717) is 30.3 Å². The Morgan fingerprint density at radius 3 is 2.19 bits per heavy atom. The van der Waals surface area contributed by atoms with E-state index in [9.17, 15) is 13.6 Å². The van der Waals surface area contributed by atoms with E-state index >= 15 is 0 Å². The lowest BCUT2D eigenvalue weighted by Crippen LogP contribution is -2.38. The van der Waals surface area contributed by atoms with E-state index in [0.717, 1.165) is 11.1 Å². The third kappa shape index (κ3) is 6.42. The molecule has 3 aromatic rings. The number of urea groups is 1. The van der Waals surface area contributed by atoms with Crippen molar-refractivity contribution < 1.29 is 23.0 Å². The SMILES string of the molecule is COc1cc(CN(CCN)C(=O)Nc2ccc(F)cc2)ccc1OCc1ccc(F)cc1. The number of carbonyl (C=O) groups excluding carboxylic acids is 1. The van der Waals surface area contributed by atoms with Crippen LogP contribution in [0.5, 0.6) is 11.5 Å². The van der Waals surface area contributed by atoms with Gasteiger partial charge in [-0.05, 0) is 59.7 Å². The van der Waals surface area contributed by atoms with E-state index in [1.807, 2.05) is 6.07 Å². The van der Waals surface area contributed by atoms with Crippen LogP contribution in [-0.2, 0) is 13.2 Å². The first-order valence-electron chi connectivity index (χ1n) is 10.0. The van der Waals surface area contributed by atoms with E-state index in [1.165, 1.54) is 43.5 Å². The highest BCUT2D eigenvalue weighted by molar-refractivity contribution is 5.89. The molecule has 0 aromatic heterocycles. The standard InChI is InChI=1S/C24H25F2N3O3/c1-31-23-14-18(4-11-22(23)32-16-17-2-5-19(25)6-3-17)15-29(13-12-27)24(30)28-21-9-7-20(26)8-10-21/h2-11,14H,12-13,15-16,27H2,1H3,(H,28,30). The Morgan fingerprint density at radius 2 is 1.56 bits per heavy atom. The summed E-state index contributed by atoms with van der Waals surface area (Å²) in [6.45, 7) is 1.17. The summed E-state index contributed by atoms with van der Waals surface area (Å²) in [6, 6.07) is 16.6. The summed E-state index contributed by atoms with van der Waals surface area (Å²) < 4.78 is 37.4. The monoisotopic (exact) mass is 441 g/mol. The van der Waals surface area contributed by atoms with E-state index < -0.39 is 0 Å². The van der Waals surface area contributed by atoms with Crippen molar-refractivity contribution in [1.82, 2.24) is 4.90 Å². The smallest absolute Gasteiger partial charge is 0.322 e. The molecule has 0 unspecified atom stereocenters. The van der Waals surface area contributed by atoms with E-state index in [2.05, 4.69) is 5.32 Å². The summed E-state index contributed by atoms with van der Waals surface area (Å²) in [5, 5.41) is 2.74. The fraction of sp³-hybridized carbons (Fsp3) is 0.208. The number of hydrogen-bond donors (Lipinski definition) is 2. The number of anilines is 1. The van der Waals surface area contributed by atoms with Crippen LogP contribution in [0.2, 0.25) is 0 Å². The minimum Gasteiger partial charge on any atom is -0.493 e. The normalized spacial score (nSPS) is 10.5. The minimum absolute atomic E-state index is 0.259. The van der Waals surface area contributed by atoms with Gasteiger partial charge in [-0.3, -0.25) is 0 Å². The molecular weight excluding hydrogens is 416 g/mol. The lowest BCUT2D eigenvalue weighted by atomic mass is 10.2. The lowest BCUT2D eigenvalue weighted by Gasteiger charge is -2.23. The molecule has 0 atom stereocenters. The number of rotatable bonds is 9. The fourth-order valence-corrected chi connectivity index (χ4v) is 3.04. The molecular formula is C24H25F2N3O3. The zero-order valence-electron chi connectivity index (χ0n) is 17.7. The molecule has 0 aliphatic rings.